The number of methoxy groups -OCH3 is 1. The highest BCUT2D eigenvalue weighted by molar-refractivity contribution is 8.00. The Morgan fingerprint density at radius 1 is 1.30 bits per heavy atom. The SMILES string of the molecule is COc1ccc(Cl)cc1N1C(=O)CSC1c1c(F)cccc1Cl. The molecule has 2 aromatic carbocycles. The Labute approximate surface area is 147 Å². The lowest BCUT2D eigenvalue weighted by atomic mass is 10.1. The Morgan fingerprint density at radius 3 is 2.78 bits per heavy atom. The number of amides is 1. The van der Waals surface area contributed by atoms with Crippen molar-refractivity contribution in [2.24, 2.45) is 0 Å². The Kier molecular flexibility index (Phi) is 4.71. The van der Waals surface area contributed by atoms with Crippen LogP contribution >= 0.6 is 35.0 Å². The van der Waals surface area contributed by atoms with E-state index in [2.05, 4.69) is 0 Å². The molecule has 1 aliphatic rings. The summed E-state index contributed by atoms with van der Waals surface area (Å²) in [7, 11) is 1.51. The van der Waals surface area contributed by atoms with Crippen LogP contribution in [-0.4, -0.2) is 18.8 Å². The molecule has 1 saturated heterocycles. The minimum absolute atomic E-state index is 0.153. The van der Waals surface area contributed by atoms with Gasteiger partial charge in [-0.3, -0.25) is 9.69 Å². The third-order valence-corrected chi connectivity index (χ3v) is 5.26. The van der Waals surface area contributed by atoms with E-state index in [0.717, 1.165) is 0 Å². The summed E-state index contributed by atoms with van der Waals surface area (Å²) in [5.41, 5.74) is 0.784. The lowest BCUT2D eigenvalue weighted by Gasteiger charge is -2.26. The van der Waals surface area contributed by atoms with Crippen molar-refractivity contribution in [1.29, 1.82) is 0 Å². The molecule has 23 heavy (non-hydrogen) atoms. The fraction of sp³-hybridized carbons (Fsp3) is 0.188. The standard InChI is InChI=1S/C16H12Cl2FNO2S/c1-22-13-6-5-9(17)7-12(13)20-14(21)8-23-16(20)15-10(18)3-2-4-11(15)19/h2-7,16H,8H2,1H3. The second kappa shape index (κ2) is 6.59. The van der Waals surface area contributed by atoms with Crippen LogP contribution in [0.15, 0.2) is 36.4 Å². The third-order valence-electron chi connectivity index (χ3n) is 3.51. The zero-order chi connectivity index (χ0) is 16.6. The fourth-order valence-corrected chi connectivity index (χ4v) is 4.22. The first-order valence-corrected chi connectivity index (χ1v) is 8.54. The molecule has 0 radical (unpaired) electrons. The van der Waals surface area contributed by atoms with Crippen LogP contribution < -0.4 is 9.64 Å². The monoisotopic (exact) mass is 371 g/mol. The van der Waals surface area contributed by atoms with Gasteiger partial charge >= 0.3 is 0 Å². The molecule has 1 heterocycles. The quantitative estimate of drug-likeness (QED) is 0.766. The normalized spacial score (nSPS) is 17.7. The van der Waals surface area contributed by atoms with Crippen LogP contribution in [0.3, 0.4) is 0 Å². The number of hydrogen-bond acceptors (Lipinski definition) is 3. The van der Waals surface area contributed by atoms with E-state index in [9.17, 15) is 9.18 Å². The van der Waals surface area contributed by atoms with Gasteiger partial charge < -0.3 is 4.74 Å². The molecule has 1 unspecified atom stereocenters. The second-order valence-electron chi connectivity index (χ2n) is 4.88. The van der Waals surface area contributed by atoms with E-state index in [1.807, 2.05) is 0 Å². The van der Waals surface area contributed by atoms with Gasteiger partial charge in [0.25, 0.3) is 0 Å². The van der Waals surface area contributed by atoms with E-state index in [4.69, 9.17) is 27.9 Å². The number of ether oxygens (including phenoxy) is 1. The molecular weight excluding hydrogens is 360 g/mol. The predicted molar refractivity (Wildman–Crippen MR) is 92.1 cm³/mol. The molecule has 0 saturated carbocycles. The van der Waals surface area contributed by atoms with Crippen molar-refractivity contribution in [1.82, 2.24) is 0 Å². The zero-order valence-corrected chi connectivity index (χ0v) is 14.4. The van der Waals surface area contributed by atoms with Crippen molar-refractivity contribution < 1.29 is 13.9 Å². The average Bonchev–Trinajstić information content (AvgIpc) is 2.88. The van der Waals surface area contributed by atoms with Gasteiger partial charge in [-0.2, -0.15) is 0 Å². The van der Waals surface area contributed by atoms with Gasteiger partial charge in [-0.1, -0.05) is 29.3 Å². The number of anilines is 1. The van der Waals surface area contributed by atoms with Crippen LogP contribution in [0.2, 0.25) is 10.0 Å². The molecule has 3 nitrogen and oxygen atoms in total. The summed E-state index contributed by atoms with van der Waals surface area (Å²) in [6.45, 7) is 0. The van der Waals surface area contributed by atoms with E-state index < -0.39 is 11.2 Å². The van der Waals surface area contributed by atoms with E-state index in [0.29, 0.717) is 16.5 Å². The molecule has 0 aromatic heterocycles. The highest BCUT2D eigenvalue weighted by atomic mass is 35.5. The van der Waals surface area contributed by atoms with Crippen LogP contribution in [0, 0.1) is 5.82 Å². The maximum atomic E-state index is 14.3. The third kappa shape index (κ3) is 3.01. The van der Waals surface area contributed by atoms with Gasteiger partial charge in [-0.25, -0.2) is 4.39 Å². The highest BCUT2D eigenvalue weighted by Crippen LogP contribution is 2.47. The molecule has 3 rings (SSSR count). The zero-order valence-electron chi connectivity index (χ0n) is 12.1. The lowest BCUT2D eigenvalue weighted by Crippen LogP contribution is -2.28. The maximum absolute atomic E-state index is 14.3. The van der Waals surface area contributed by atoms with E-state index in [-0.39, 0.29) is 22.2 Å². The molecular formula is C16H12Cl2FNO2S. The smallest absolute Gasteiger partial charge is 0.238 e. The van der Waals surface area contributed by atoms with Crippen molar-refractivity contribution in [3.8, 4) is 5.75 Å². The Morgan fingerprint density at radius 2 is 2.09 bits per heavy atom. The Bertz CT molecular complexity index is 751. The average molecular weight is 372 g/mol. The highest BCUT2D eigenvalue weighted by Gasteiger charge is 2.38. The number of halogens is 3. The van der Waals surface area contributed by atoms with Gasteiger partial charge in [0.1, 0.15) is 16.9 Å². The van der Waals surface area contributed by atoms with Gasteiger partial charge in [-0.05, 0) is 30.3 Å². The molecule has 7 heteroatoms. The lowest BCUT2D eigenvalue weighted by molar-refractivity contribution is -0.115. The van der Waals surface area contributed by atoms with Gasteiger partial charge in [0, 0.05) is 15.6 Å². The van der Waals surface area contributed by atoms with E-state index in [1.54, 1.807) is 24.3 Å². The van der Waals surface area contributed by atoms with Crippen LogP contribution in [0.4, 0.5) is 10.1 Å². The van der Waals surface area contributed by atoms with Crippen LogP contribution in [0.1, 0.15) is 10.9 Å². The summed E-state index contributed by atoms with van der Waals surface area (Å²) in [5.74, 6) is 0.114. The minimum atomic E-state index is -0.566. The van der Waals surface area contributed by atoms with Crippen molar-refractivity contribution >= 4 is 46.6 Å². The van der Waals surface area contributed by atoms with Crippen molar-refractivity contribution in [2.75, 3.05) is 17.8 Å². The van der Waals surface area contributed by atoms with Crippen molar-refractivity contribution in [3.05, 3.63) is 57.8 Å². The first-order valence-electron chi connectivity index (χ1n) is 6.74. The molecule has 2 aromatic rings. The van der Waals surface area contributed by atoms with Crippen LogP contribution in [0.5, 0.6) is 5.75 Å². The van der Waals surface area contributed by atoms with E-state index in [1.165, 1.54) is 35.9 Å². The number of hydrogen-bond donors (Lipinski definition) is 0. The number of rotatable bonds is 3. The number of carbonyl (C=O) groups excluding carboxylic acids is 1. The van der Waals surface area contributed by atoms with Crippen molar-refractivity contribution in [3.63, 3.8) is 0 Å². The predicted octanol–water partition coefficient (Wildman–Crippen LogP) is 4.92. The molecule has 0 bridgehead atoms. The molecule has 0 aliphatic carbocycles. The number of nitrogens with zero attached hydrogens (tertiary/aromatic N) is 1. The van der Waals surface area contributed by atoms with Crippen LogP contribution in [0.25, 0.3) is 0 Å². The van der Waals surface area contributed by atoms with E-state index >= 15 is 0 Å². The van der Waals surface area contributed by atoms with Gasteiger partial charge in [-0.15, -0.1) is 11.8 Å². The maximum Gasteiger partial charge on any atom is 0.238 e. The Balaban J connectivity index is 2.13. The summed E-state index contributed by atoms with van der Waals surface area (Å²) in [5, 5.41) is 0.177. The fourth-order valence-electron chi connectivity index (χ4n) is 2.50. The molecule has 0 N–H and O–H groups in total. The first-order chi connectivity index (χ1) is 11.0. The molecule has 1 aliphatic heterocycles. The number of carbonyl (C=O) groups is 1. The second-order valence-corrected chi connectivity index (χ2v) is 6.79. The summed E-state index contributed by atoms with van der Waals surface area (Å²) in [4.78, 5) is 13.9. The molecule has 120 valence electrons. The van der Waals surface area contributed by atoms with Gasteiger partial charge in [0.2, 0.25) is 5.91 Å². The number of benzene rings is 2. The molecule has 0 spiro atoms. The molecule has 1 atom stereocenters. The summed E-state index contributed by atoms with van der Waals surface area (Å²) in [6.07, 6.45) is 0. The van der Waals surface area contributed by atoms with Crippen LogP contribution in [-0.2, 0) is 4.79 Å². The van der Waals surface area contributed by atoms with Crippen molar-refractivity contribution in [2.45, 2.75) is 5.37 Å². The minimum Gasteiger partial charge on any atom is -0.495 e. The summed E-state index contributed by atoms with van der Waals surface area (Å²) in [6, 6.07) is 9.45. The largest absolute Gasteiger partial charge is 0.495 e. The molecule has 1 amide bonds. The Hall–Kier alpha value is -1.43. The molecule has 1 fully saturated rings. The first kappa shape index (κ1) is 16.4. The summed E-state index contributed by atoms with van der Waals surface area (Å²) < 4.78 is 19.6. The van der Waals surface area contributed by atoms with Gasteiger partial charge in [0.05, 0.1) is 18.6 Å². The topological polar surface area (TPSA) is 29.5 Å². The number of thioether (sulfide) groups is 1. The van der Waals surface area contributed by atoms with Gasteiger partial charge in [0.15, 0.2) is 0 Å². The summed E-state index contributed by atoms with van der Waals surface area (Å²) >= 11 is 13.5.